The largest absolute Gasteiger partial charge is 0.374 e. The fourth-order valence-electron chi connectivity index (χ4n) is 2.74. The van der Waals surface area contributed by atoms with Crippen LogP contribution in [0.25, 0.3) is 0 Å². The number of morpholine rings is 1. The Morgan fingerprint density at radius 2 is 2.21 bits per heavy atom. The molecule has 0 amide bonds. The van der Waals surface area contributed by atoms with E-state index in [0.717, 1.165) is 26.1 Å². The summed E-state index contributed by atoms with van der Waals surface area (Å²) >= 11 is 0. The molecular formula is C12H25N3O3S. The molecule has 2 aliphatic heterocycles. The first-order valence-corrected chi connectivity index (χ1v) is 8.79. The van der Waals surface area contributed by atoms with Crippen LogP contribution >= 0.6 is 0 Å². The van der Waals surface area contributed by atoms with Gasteiger partial charge in [0.2, 0.25) is 10.0 Å². The summed E-state index contributed by atoms with van der Waals surface area (Å²) in [5.74, 6) is 0.156. The standard InChI is InChI=1S/C12H25N3O3S/c13-5-1-2-7-19(16,17)14-8-12-9-15-6-3-4-11(15)10-18-12/h11-12,14H,1-10,13H2. The van der Waals surface area contributed by atoms with Crippen molar-refractivity contribution in [3.05, 3.63) is 0 Å². The average Bonchev–Trinajstić information content (AvgIpc) is 2.84. The van der Waals surface area contributed by atoms with Gasteiger partial charge in [0.05, 0.1) is 18.5 Å². The molecule has 0 aliphatic carbocycles. The van der Waals surface area contributed by atoms with Crippen LogP contribution in [0, 0.1) is 0 Å². The number of nitrogens with one attached hydrogen (secondary N) is 1. The second-order valence-corrected chi connectivity index (χ2v) is 7.34. The van der Waals surface area contributed by atoms with Crippen molar-refractivity contribution in [2.45, 2.75) is 37.8 Å². The van der Waals surface area contributed by atoms with Gasteiger partial charge in [0.1, 0.15) is 0 Å². The van der Waals surface area contributed by atoms with Crippen molar-refractivity contribution < 1.29 is 13.2 Å². The third-order valence-corrected chi connectivity index (χ3v) is 5.29. The maximum absolute atomic E-state index is 11.8. The zero-order valence-electron chi connectivity index (χ0n) is 11.4. The molecule has 0 aromatic heterocycles. The number of hydrogen-bond donors (Lipinski definition) is 2. The Balaban J connectivity index is 1.70. The molecular weight excluding hydrogens is 266 g/mol. The summed E-state index contributed by atoms with van der Waals surface area (Å²) in [6.45, 7) is 3.62. The molecule has 0 aromatic carbocycles. The molecule has 0 saturated carbocycles. The highest BCUT2D eigenvalue weighted by Gasteiger charge is 2.32. The Bertz CT molecular complexity index is 374. The van der Waals surface area contributed by atoms with E-state index in [1.54, 1.807) is 0 Å². The average molecular weight is 291 g/mol. The third-order valence-electron chi connectivity index (χ3n) is 3.86. The van der Waals surface area contributed by atoms with Gasteiger partial charge in [0.15, 0.2) is 0 Å². The van der Waals surface area contributed by atoms with Gasteiger partial charge >= 0.3 is 0 Å². The molecule has 2 heterocycles. The van der Waals surface area contributed by atoms with E-state index < -0.39 is 10.0 Å². The van der Waals surface area contributed by atoms with Gasteiger partial charge in [0.25, 0.3) is 0 Å². The van der Waals surface area contributed by atoms with E-state index in [1.165, 1.54) is 12.8 Å². The van der Waals surface area contributed by atoms with Crippen LogP contribution in [0.3, 0.4) is 0 Å². The first-order valence-electron chi connectivity index (χ1n) is 7.14. The summed E-state index contributed by atoms with van der Waals surface area (Å²) in [6.07, 6.45) is 3.78. The van der Waals surface area contributed by atoms with E-state index in [2.05, 4.69) is 9.62 Å². The third kappa shape index (κ3) is 4.68. The van der Waals surface area contributed by atoms with Gasteiger partial charge < -0.3 is 10.5 Å². The quantitative estimate of drug-likeness (QED) is 0.618. The van der Waals surface area contributed by atoms with Crippen LogP contribution in [0.5, 0.6) is 0 Å². The highest BCUT2D eigenvalue weighted by molar-refractivity contribution is 7.89. The normalized spacial score (nSPS) is 28.5. The molecule has 2 fully saturated rings. The zero-order chi connectivity index (χ0) is 13.7. The lowest BCUT2D eigenvalue weighted by Gasteiger charge is -2.35. The highest BCUT2D eigenvalue weighted by Crippen LogP contribution is 2.22. The molecule has 7 heteroatoms. The maximum Gasteiger partial charge on any atom is 0.211 e. The van der Waals surface area contributed by atoms with E-state index in [1.807, 2.05) is 0 Å². The summed E-state index contributed by atoms with van der Waals surface area (Å²) in [7, 11) is -3.18. The zero-order valence-corrected chi connectivity index (χ0v) is 12.2. The van der Waals surface area contributed by atoms with Gasteiger partial charge in [-0.15, -0.1) is 0 Å². The van der Waals surface area contributed by atoms with E-state index in [0.29, 0.717) is 25.6 Å². The predicted octanol–water partition coefficient (Wildman–Crippen LogP) is -0.492. The first kappa shape index (κ1) is 15.2. The van der Waals surface area contributed by atoms with Crippen molar-refractivity contribution in [1.29, 1.82) is 0 Å². The minimum absolute atomic E-state index is 0.0152. The van der Waals surface area contributed by atoms with Gasteiger partial charge in [-0.25, -0.2) is 13.1 Å². The maximum atomic E-state index is 11.8. The monoisotopic (exact) mass is 291 g/mol. The van der Waals surface area contributed by atoms with E-state index in [-0.39, 0.29) is 11.9 Å². The van der Waals surface area contributed by atoms with Crippen molar-refractivity contribution in [3.8, 4) is 0 Å². The predicted molar refractivity (Wildman–Crippen MR) is 74.4 cm³/mol. The molecule has 0 aromatic rings. The lowest BCUT2D eigenvalue weighted by Crippen LogP contribution is -2.50. The second-order valence-electron chi connectivity index (χ2n) is 5.41. The molecule has 6 nitrogen and oxygen atoms in total. The second kappa shape index (κ2) is 6.99. The van der Waals surface area contributed by atoms with Crippen LogP contribution in [0.15, 0.2) is 0 Å². The Labute approximate surface area is 115 Å². The molecule has 19 heavy (non-hydrogen) atoms. The van der Waals surface area contributed by atoms with Crippen LogP contribution in [0.2, 0.25) is 0 Å². The summed E-state index contributed by atoms with van der Waals surface area (Å²) in [6, 6.07) is 0.553. The molecule has 2 atom stereocenters. The fourth-order valence-corrected chi connectivity index (χ4v) is 3.91. The van der Waals surface area contributed by atoms with Crippen molar-refractivity contribution in [1.82, 2.24) is 9.62 Å². The number of nitrogens with zero attached hydrogens (tertiary/aromatic N) is 1. The lowest BCUT2D eigenvalue weighted by atomic mass is 10.2. The van der Waals surface area contributed by atoms with Gasteiger partial charge in [-0.05, 0) is 38.8 Å². The molecule has 2 rings (SSSR count). The Morgan fingerprint density at radius 3 is 3.00 bits per heavy atom. The van der Waals surface area contributed by atoms with Crippen molar-refractivity contribution >= 4 is 10.0 Å². The van der Waals surface area contributed by atoms with Crippen molar-refractivity contribution in [3.63, 3.8) is 0 Å². The van der Waals surface area contributed by atoms with Crippen LogP contribution in [-0.2, 0) is 14.8 Å². The highest BCUT2D eigenvalue weighted by atomic mass is 32.2. The summed E-state index contributed by atoms with van der Waals surface area (Å²) in [4.78, 5) is 2.41. The summed E-state index contributed by atoms with van der Waals surface area (Å²) < 4.78 is 31.9. The molecule has 0 radical (unpaired) electrons. The SMILES string of the molecule is NCCCCS(=O)(=O)NCC1CN2CCCC2CO1. The fraction of sp³-hybridized carbons (Fsp3) is 1.00. The Kier molecular flexibility index (Phi) is 5.58. The van der Waals surface area contributed by atoms with Crippen molar-refractivity contribution in [2.75, 3.05) is 38.5 Å². The van der Waals surface area contributed by atoms with Crippen LogP contribution in [-0.4, -0.2) is 64.0 Å². The van der Waals surface area contributed by atoms with Crippen LogP contribution in [0.4, 0.5) is 0 Å². The number of sulfonamides is 1. The number of hydrogen-bond acceptors (Lipinski definition) is 5. The lowest BCUT2D eigenvalue weighted by molar-refractivity contribution is -0.0449. The molecule has 112 valence electrons. The number of nitrogens with two attached hydrogens (primary N) is 1. The number of ether oxygens (including phenoxy) is 1. The molecule has 3 N–H and O–H groups in total. The van der Waals surface area contributed by atoms with Crippen LogP contribution < -0.4 is 10.5 Å². The van der Waals surface area contributed by atoms with Gasteiger partial charge in [-0.2, -0.15) is 0 Å². The topological polar surface area (TPSA) is 84.7 Å². The van der Waals surface area contributed by atoms with E-state index >= 15 is 0 Å². The minimum Gasteiger partial charge on any atom is -0.374 e. The molecule has 2 unspecified atom stereocenters. The van der Waals surface area contributed by atoms with E-state index in [9.17, 15) is 8.42 Å². The van der Waals surface area contributed by atoms with Gasteiger partial charge in [-0.3, -0.25) is 4.90 Å². The van der Waals surface area contributed by atoms with Crippen LogP contribution in [0.1, 0.15) is 25.7 Å². The van der Waals surface area contributed by atoms with E-state index in [4.69, 9.17) is 10.5 Å². The minimum atomic E-state index is -3.18. The smallest absolute Gasteiger partial charge is 0.211 e. The molecule has 2 saturated heterocycles. The number of unbranched alkanes of at least 4 members (excludes halogenated alkanes) is 1. The Hall–Kier alpha value is -0.210. The molecule has 2 aliphatic rings. The number of rotatable bonds is 7. The van der Waals surface area contributed by atoms with Gasteiger partial charge in [0, 0.05) is 19.1 Å². The summed E-state index contributed by atoms with van der Waals surface area (Å²) in [5, 5.41) is 0. The van der Waals surface area contributed by atoms with Gasteiger partial charge in [-0.1, -0.05) is 0 Å². The molecule has 0 bridgehead atoms. The van der Waals surface area contributed by atoms with Crippen molar-refractivity contribution in [2.24, 2.45) is 5.73 Å². The summed E-state index contributed by atoms with van der Waals surface area (Å²) in [5.41, 5.74) is 5.36. The number of fused-ring (bicyclic) bond motifs is 1. The molecule has 0 spiro atoms. The Morgan fingerprint density at radius 1 is 1.37 bits per heavy atom. The first-order chi connectivity index (χ1) is 9.11.